The van der Waals surface area contributed by atoms with Crippen molar-refractivity contribution in [3.63, 3.8) is 0 Å². The second-order valence-electron chi connectivity index (χ2n) is 5.07. The molecule has 0 aromatic rings. The van der Waals surface area contributed by atoms with E-state index in [2.05, 4.69) is 67.7 Å². The molecular formula is C20H31NO. The summed E-state index contributed by atoms with van der Waals surface area (Å²) >= 11 is 0. The Kier molecular flexibility index (Phi) is 15.8. The third-order valence-corrected chi connectivity index (χ3v) is 2.95. The van der Waals surface area contributed by atoms with Gasteiger partial charge in [-0.15, -0.1) is 0 Å². The first-order chi connectivity index (χ1) is 10.8. The van der Waals surface area contributed by atoms with E-state index in [1.807, 2.05) is 0 Å². The van der Waals surface area contributed by atoms with Gasteiger partial charge < -0.3 is 5.73 Å². The summed E-state index contributed by atoms with van der Waals surface area (Å²) in [6, 6.07) is 0. The molecule has 1 amide bonds. The van der Waals surface area contributed by atoms with Gasteiger partial charge in [-0.1, -0.05) is 67.7 Å². The van der Waals surface area contributed by atoms with Gasteiger partial charge in [-0.2, -0.15) is 0 Å². The van der Waals surface area contributed by atoms with Crippen LogP contribution in [0.2, 0.25) is 0 Å². The maximum atomic E-state index is 10.5. The van der Waals surface area contributed by atoms with Gasteiger partial charge in [0, 0.05) is 6.42 Å². The van der Waals surface area contributed by atoms with Crippen molar-refractivity contribution < 1.29 is 4.79 Å². The van der Waals surface area contributed by atoms with Gasteiger partial charge in [0.2, 0.25) is 5.91 Å². The molecule has 0 heterocycles. The van der Waals surface area contributed by atoms with Crippen LogP contribution in [0.4, 0.5) is 0 Å². The first-order valence-corrected chi connectivity index (χ1v) is 8.30. The Hall–Kier alpha value is -1.83. The van der Waals surface area contributed by atoms with Gasteiger partial charge in [-0.3, -0.25) is 4.79 Å². The van der Waals surface area contributed by atoms with Gasteiger partial charge in [-0.25, -0.2) is 0 Å². The van der Waals surface area contributed by atoms with E-state index < -0.39 is 0 Å². The molecule has 0 spiro atoms. The van der Waals surface area contributed by atoms with Gasteiger partial charge in [0.25, 0.3) is 0 Å². The summed E-state index contributed by atoms with van der Waals surface area (Å²) in [7, 11) is 0. The van der Waals surface area contributed by atoms with E-state index >= 15 is 0 Å². The highest BCUT2D eigenvalue weighted by Crippen LogP contribution is 1.98. The van der Waals surface area contributed by atoms with Crippen LogP contribution in [-0.2, 0) is 4.79 Å². The predicted octanol–water partition coefficient (Wildman–Crippen LogP) is 5.39. The second kappa shape index (κ2) is 17.2. The van der Waals surface area contributed by atoms with Crippen molar-refractivity contribution in [3.05, 3.63) is 60.8 Å². The molecule has 0 aliphatic heterocycles. The molecule has 122 valence electrons. The van der Waals surface area contributed by atoms with Gasteiger partial charge in [0.15, 0.2) is 0 Å². The van der Waals surface area contributed by atoms with Crippen LogP contribution in [0.25, 0.3) is 0 Å². The third-order valence-electron chi connectivity index (χ3n) is 2.95. The smallest absolute Gasteiger partial charge is 0.217 e. The van der Waals surface area contributed by atoms with Crippen LogP contribution >= 0.6 is 0 Å². The zero-order chi connectivity index (χ0) is 16.3. The molecule has 0 aliphatic carbocycles. The Bertz CT molecular complexity index is 400. The third kappa shape index (κ3) is 18.2. The fourth-order valence-electron chi connectivity index (χ4n) is 1.76. The van der Waals surface area contributed by atoms with Crippen LogP contribution in [-0.4, -0.2) is 5.91 Å². The first-order valence-electron chi connectivity index (χ1n) is 8.30. The van der Waals surface area contributed by atoms with Crippen LogP contribution in [0.5, 0.6) is 0 Å². The summed E-state index contributed by atoms with van der Waals surface area (Å²) in [6.45, 7) is 2.15. The first kappa shape index (κ1) is 20.2. The Labute approximate surface area is 136 Å². The van der Waals surface area contributed by atoms with Crippen molar-refractivity contribution in [1.29, 1.82) is 0 Å². The molecule has 22 heavy (non-hydrogen) atoms. The maximum absolute atomic E-state index is 10.5. The molecule has 0 fully saturated rings. The maximum Gasteiger partial charge on any atom is 0.217 e. The zero-order valence-electron chi connectivity index (χ0n) is 13.9. The van der Waals surface area contributed by atoms with Crippen LogP contribution in [0.15, 0.2) is 60.8 Å². The molecule has 0 saturated heterocycles. The molecule has 0 aliphatic rings. The van der Waals surface area contributed by atoms with Crippen molar-refractivity contribution >= 4 is 5.91 Å². The van der Waals surface area contributed by atoms with E-state index in [9.17, 15) is 4.79 Å². The number of carbonyl (C=O) groups excluding carboxylic acids is 1. The van der Waals surface area contributed by atoms with Crippen molar-refractivity contribution in [2.75, 3.05) is 0 Å². The van der Waals surface area contributed by atoms with Gasteiger partial charge in [0.1, 0.15) is 0 Å². The number of hydrogen-bond acceptors (Lipinski definition) is 1. The highest BCUT2D eigenvalue weighted by Gasteiger charge is 1.90. The Balaban J connectivity index is 3.46. The molecule has 0 unspecified atom stereocenters. The molecule has 0 radical (unpaired) electrons. The van der Waals surface area contributed by atoms with E-state index in [4.69, 9.17) is 5.73 Å². The number of unbranched alkanes of at least 4 members (excludes halogenated alkanes) is 1. The minimum Gasteiger partial charge on any atom is -0.370 e. The topological polar surface area (TPSA) is 43.1 Å². The molecule has 2 N–H and O–H groups in total. The highest BCUT2D eigenvalue weighted by atomic mass is 16.1. The molecule has 0 atom stereocenters. The van der Waals surface area contributed by atoms with Crippen molar-refractivity contribution in [3.8, 4) is 0 Å². The van der Waals surface area contributed by atoms with Gasteiger partial charge in [-0.05, 0) is 44.9 Å². The lowest BCUT2D eigenvalue weighted by Crippen LogP contribution is -2.09. The summed E-state index contributed by atoms with van der Waals surface area (Å²) < 4.78 is 0. The monoisotopic (exact) mass is 301 g/mol. The van der Waals surface area contributed by atoms with Crippen molar-refractivity contribution in [1.82, 2.24) is 0 Å². The predicted molar refractivity (Wildman–Crippen MR) is 97.5 cm³/mol. The van der Waals surface area contributed by atoms with Crippen molar-refractivity contribution in [2.24, 2.45) is 5.73 Å². The summed E-state index contributed by atoms with van der Waals surface area (Å²) in [5, 5.41) is 0. The molecule has 0 bridgehead atoms. The quantitative estimate of drug-likeness (QED) is 0.359. The van der Waals surface area contributed by atoms with E-state index in [0.717, 1.165) is 44.9 Å². The van der Waals surface area contributed by atoms with E-state index in [0.29, 0.717) is 6.42 Å². The van der Waals surface area contributed by atoms with Crippen LogP contribution in [0.1, 0.15) is 58.3 Å². The molecular weight excluding hydrogens is 270 g/mol. The Morgan fingerprint density at radius 2 is 1.14 bits per heavy atom. The van der Waals surface area contributed by atoms with Gasteiger partial charge in [0.05, 0.1) is 0 Å². The number of amides is 1. The van der Waals surface area contributed by atoms with Gasteiger partial charge >= 0.3 is 0 Å². The molecule has 2 heteroatoms. The highest BCUT2D eigenvalue weighted by molar-refractivity contribution is 5.73. The number of carbonyl (C=O) groups is 1. The lowest BCUT2D eigenvalue weighted by Gasteiger charge is -1.90. The molecule has 0 rings (SSSR count). The standard InChI is InChI=1S/C20H31NO/c1-2-3-4-5-6-7-8-9-10-11-12-13-14-15-16-17-18-19-20(21)22/h3-4,6-7,9-10,12-13,15-16H,2,5,8,11,14,17-19H2,1H3,(H2,21,22)/b4-3-,7-6-,10-9-,13-12-,16-15-. The second-order valence-corrected chi connectivity index (χ2v) is 5.07. The average molecular weight is 301 g/mol. The minimum atomic E-state index is -0.215. The number of hydrogen-bond donors (Lipinski definition) is 1. The lowest BCUT2D eigenvalue weighted by molar-refractivity contribution is -0.118. The van der Waals surface area contributed by atoms with Crippen molar-refractivity contribution in [2.45, 2.75) is 58.3 Å². The van der Waals surface area contributed by atoms with E-state index in [1.165, 1.54) is 0 Å². The van der Waals surface area contributed by atoms with Crippen LogP contribution < -0.4 is 5.73 Å². The summed E-state index contributed by atoms with van der Waals surface area (Å²) in [6.07, 6.45) is 29.1. The Morgan fingerprint density at radius 1 is 0.727 bits per heavy atom. The largest absolute Gasteiger partial charge is 0.370 e. The van der Waals surface area contributed by atoms with E-state index in [-0.39, 0.29) is 5.91 Å². The van der Waals surface area contributed by atoms with Crippen LogP contribution in [0.3, 0.4) is 0 Å². The molecule has 2 nitrogen and oxygen atoms in total. The Morgan fingerprint density at radius 3 is 1.55 bits per heavy atom. The summed E-state index contributed by atoms with van der Waals surface area (Å²) in [4.78, 5) is 10.5. The zero-order valence-corrected chi connectivity index (χ0v) is 13.9. The molecule has 0 saturated carbocycles. The average Bonchev–Trinajstić information content (AvgIpc) is 2.50. The number of allylic oxidation sites excluding steroid dienone is 10. The normalized spacial score (nSPS) is 12.8. The number of primary amides is 1. The number of nitrogens with two attached hydrogens (primary N) is 1. The molecule has 0 aromatic carbocycles. The van der Waals surface area contributed by atoms with E-state index in [1.54, 1.807) is 0 Å². The lowest BCUT2D eigenvalue weighted by atomic mass is 10.2. The summed E-state index contributed by atoms with van der Waals surface area (Å²) in [5.74, 6) is -0.215. The fraction of sp³-hybridized carbons (Fsp3) is 0.450. The fourth-order valence-corrected chi connectivity index (χ4v) is 1.76. The SMILES string of the molecule is CC/C=C\C/C=C\C/C=C\C/C=C\C/C=C\CCCC(N)=O. The van der Waals surface area contributed by atoms with Crippen LogP contribution in [0, 0.1) is 0 Å². The number of rotatable bonds is 13. The summed E-state index contributed by atoms with van der Waals surface area (Å²) in [5.41, 5.74) is 5.07. The minimum absolute atomic E-state index is 0.215. The molecule has 0 aromatic heterocycles.